The monoisotopic (exact) mass is 542 g/mol. The van der Waals surface area contributed by atoms with Crippen molar-refractivity contribution in [2.24, 2.45) is 17.3 Å². The van der Waals surface area contributed by atoms with E-state index in [1.165, 1.54) is 0 Å². The molecule has 2 aromatic heterocycles. The fraction of sp³-hybridized carbons (Fsp3) is 0.655. The highest BCUT2D eigenvalue weighted by molar-refractivity contribution is 6.33. The van der Waals surface area contributed by atoms with Crippen LogP contribution in [0, 0.1) is 17.3 Å². The SMILES string of the molecule is CC1(C)Cc2c(-c3cc(NC(=O)[C@H]4CCC[C@@H](CC(=O)CCOC5CCCCO5)C4)ncc3Cl)cnn2C1. The number of halogens is 1. The van der Waals surface area contributed by atoms with Crippen LogP contribution in [-0.2, 0) is 32.0 Å². The van der Waals surface area contributed by atoms with Gasteiger partial charge in [0.05, 0.1) is 17.8 Å². The molecule has 0 aromatic carbocycles. The van der Waals surface area contributed by atoms with E-state index in [2.05, 4.69) is 29.2 Å². The number of nitrogens with one attached hydrogen (secondary N) is 1. The summed E-state index contributed by atoms with van der Waals surface area (Å²) in [6.07, 6.45) is 11.7. The van der Waals surface area contributed by atoms with Gasteiger partial charge in [0.25, 0.3) is 0 Å². The van der Waals surface area contributed by atoms with Crippen molar-refractivity contribution < 1.29 is 19.1 Å². The molecule has 1 saturated heterocycles. The lowest BCUT2D eigenvalue weighted by Crippen LogP contribution is -2.29. The number of hydrogen-bond acceptors (Lipinski definition) is 6. The number of carbonyl (C=O) groups excluding carboxylic acids is 2. The topological polar surface area (TPSA) is 95.3 Å². The zero-order valence-corrected chi connectivity index (χ0v) is 23.3. The lowest BCUT2D eigenvalue weighted by molar-refractivity contribution is -0.164. The van der Waals surface area contributed by atoms with Gasteiger partial charge in [0.1, 0.15) is 11.6 Å². The van der Waals surface area contributed by atoms with Crippen molar-refractivity contribution in [1.29, 1.82) is 0 Å². The Hall–Kier alpha value is -2.29. The first-order valence-corrected chi connectivity index (χ1v) is 14.4. The lowest BCUT2D eigenvalue weighted by atomic mass is 9.78. The summed E-state index contributed by atoms with van der Waals surface area (Å²) in [6, 6.07) is 1.85. The average Bonchev–Trinajstić information content (AvgIpc) is 3.41. The molecule has 1 unspecified atom stereocenters. The number of rotatable bonds is 9. The molecule has 38 heavy (non-hydrogen) atoms. The number of ether oxygens (including phenoxy) is 2. The van der Waals surface area contributed by atoms with Gasteiger partial charge in [0.15, 0.2) is 6.29 Å². The Morgan fingerprint density at radius 2 is 2.05 bits per heavy atom. The van der Waals surface area contributed by atoms with E-state index < -0.39 is 0 Å². The Kier molecular flexibility index (Phi) is 8.50. The summed E-state index contributed by atoms with van der Waals surface area (Å²) in [5, 5.41) is 8.11. The van der Waals surface area contributed by atoms with Crippen LogP contribution in [-0.4, -0.2) is 46.0 Å². The maximum Gasteiger partial charge on any atom is 0.228 e. The summed E-state index contributed by atoms with van der Waals surface area (Å²) in [5.74, 6) is 0.752. The molecule has 1 aliphatic carbocycles. The number of Topliss-reactive ketones (excluding diaryl/α,β-unsaturated/α-hetero) is 1. The molecule has 0 spiro atoms. The van der Waals surface area contributed by atoms with Gasteiger partial charge in [-0.2, -0.15) is 5.10 Å². The number of carbonyl (C=O) groups is 2. The minimum Gasteiger partial charge on any atom is -0.353 e. The molecule has 3 aliphatic rings. The molecule has 0 radical (unpaired) electrons. The molecule has 2 aromatic rings. The molecule has 2 aliphatic heterocycles. The van der Waals surface area contributed by atoms with E-state index in [1.807, 2.05) is 16.9 Å². The minimum absolute atomic E-state index is 0.0397. The first-order chi connectivity index (χ1) is 18.3. The van der Waals surface area contributed by atoms with E-state index in [-0.39, 0.29) is 35.2 Å². The van der Waals surface area contributed by atoms with Crippen molar-refractivity contribution in [3.05, 3.63) is 29.2 Å². The maximum absolute atomic E-state index is 13.2. The van der Waals surface area contributed by atoms with Gasteiger partial charge in [-0.1, -0.05) is 31.9 Å². The summed E-state index contributed by atoms with van der Waals surface area (Å²) in [7, 11) is 0. The second-order valence-electron chi connectivity index (χ2n) is 11.9. The van der Waals surface area contributed by atoms with E-state index >= 15 is 0 Å². The van der Waals surface area contributed by atoms with Gasteiger partial charge in [-0.05, 0) is 62.3 Å². The van der Waals surface area contributed by atoms with Gasteiger partial charge in [-0.15, -0.1) is 0 Å². The second-order valence-corrected chi connectivity index (χ2v) is 12.3. The fourth-order valence-corrected chi connectivity index (χ4v) is 6.31. The van der Waals surface area contributed by atoms with Crippen LogP contribution < -0.4 is 5.32 Å². The summed E-state index contributed by atoms with van der Waals surface area (Å²) in [6.45, 7) is 6.49. The average molecular weight is 543 g/mol. The molecular weight excluding hydrogens is 504 g/mol. The third-order valence-corrected chi connectivity index (χ3v) is 8.36. The Labute approximate surface area is 229 Å². The summed E-state index contributed by atoms with van der Waals surface area (Å²) in [5.41, 5.74) is 3.15. The molecule has 5 rings (SSSR count). The first-order valence-electron chi connectivity index (χ1n) is 14.0. The highest BCUT2D eigenvalue weighted by Crippen LogP contribution is 2.39. The third kappa shape index (κ3) is 6.64. The highest BCUT2D eigenvalue weighted by atomic mass is 35.5. The highest BCUT2D eigenvalue weighted by Gasteiger charge is 2.33. The Bertz CT molecular complexity index is 1160. The molecule has 1 N–H and O–H groups in total. The third-order valence-electron chi connectivity index (χ3n) is 8.06. The predicted octanol–water partition coefficient (Wildman–Crippen LogP) is 5.82. The summed E-state index contributed by atoms with van der Waals surface area (Å²) >= 11 is 6.53. The second kappa shape index (κ2) is 11.8. The Morgan fingerprint density at radius 3 is 2.87 bits per heavy atom. The molecule has 9 heteroatoms. The van der Waals surface area contributed by atoms with Crippen molar-refractivity contribution in [1.82, 2.24) is 14.8 Å². The molecule has 8 nitrogen and oxygen atoms in total. The number of aromatic nitrogens is 3. The number of anilines is 1. The molecule has 3 atom stereocenters. The van der Waals surface area contributed by atoms with Crippen LogP contribution in [0.2, 0.25) is 5.02 Å². The number of hydrogen-bond donors (Lipinski definition) is 1. The van der Waals surface area contributed by atoms with Crippen molar-refractivity contribution in [2.75, 3.05) is 18.5 Å². The largest absolute Gasteiger partial charge is 0.353 e. The summed E-state index contributed by atoms with van der Waals surface area (Å²) in [4.78, 5) is 30.1. The molecule has 0 bridgehead atoms. The van der Waals surface area contributed by atoms with Gasteiger partial charge in [0.2, 0.25) is 5.91 Å². The van der Waals surface area contributed by atoms with E-state index in [0.717, 1.165) is 81.3 Å². The number of nitrogens with zero attached hydrogens (tertiary/aromatic N) is 3. The zero-order chi connectivity index (χ0) is 26.7. The predicted molar refractivity (Wildman–Crippen MR) is 146 cm³/mol. The van der Waals surface area contributed by atoms with Crippen molar-refractivity contribution in [3.8, 4) is 11.1 Å². The molecule has 1 saturated carbocycles. The van der Waals surface area contributed by atoms with E-state index in [4.69, 9.17) is 21.1 Å². The van der Waals surface area contributed by atoms with Crippen LogP contribution in [0.1, 0.15) is 77.3 Å². The van der Waals surface area contributed by atoms with Gasteiger partial charge in [-0.3, -0.25) is 14.3 Å². The maximum atomic E-state index is 13.2. The van der Waals surface area contributed by atoms with Crippen molar-refractivity contribution in [3.63, 3.8) is 0 Å². The van der Waals surface area contributed by atoms with E-state index in [1.54, 1.807) is 6.20 Å². The van der Waals surface area contributed by atoms with Crippen LogP contribution in [0.5, 0.6) is 0 Å². The lowest BCUT2D eigenvalue weighted by Gasteiger charge is -2.28. The number of fused-ring (bicyclic) bond motifs is 1. The standard InChI is InChI=1S/C29H39ClN4O4/c1-29(2)15-25-23(16-32-34(25)18-29)22-14-26(31-17-24(22)30)33-28(36)20-7-5-6-19(12-20)13-21(35)9-11-38-27-8-3-4-10-37-27/h14,16-17,19-20,27H,3-13,15,18H2,1-2H3,(H,31,33,36)/t19-,20+,27?/m1/s1. The molecule has 4 heterocycles. The van der Waals surface area contributed by atoms with E-state index in [0.29, 0.717) is 30.3 Å². The van der Waals surface area contributed by atoms with E-state index in [9.17, 15) is 9.59 Å². The van der Waals surface area contributed by atoms with Gasteiger partial charge < -0.3 is 14.8 Å². The van der Waals surface area contributed by atoms with Crippen LogP contribution in [0.15, 0.2) is 18.5 Å². The molecular formula is C29H39ClN4O4. The number of amides is 1. The molecule has 2 fully saturated rings. The van der Waals surface area contributed by atoms with Crippen LogP contribution in [0.25, 0.3) is 11.1 Å². The Balaban J connectivity index is 1.14. The van der Waals surface area contributed by atoms with Crippen LogP contribution >= 0.6 is 11.6 Å². The molecule has 206 valence electrons. The van der Waals surface area contributed by atoms with Gasteiger partial charge >= 0.3 is 0 Å². The van der Waals surface area contributed by atoms with Gasteiger partial charge in [-0.25, -0.2) is 4.98 Å². The van der Waals surface area contributed by atoms with Crippen molar-refractivity contribution in [2.45, 2.75) is 90.9 Å². The number of ketones is 1. The number of pyridine rings is 1. The van der Waals surface area contributed by atoms with Gasteiger partial charge in [0, 0.05) is 54.9 Å². The summed E-state index contributed by atoms with van der Waals surface area (Å²) < 4.78 is 13.3. The van der Waals surface area contributed by atoms with Crippen molar-refractivity contribution >= 4 is 29.1 Å². The smallest absolute Gasteiger partial charge is 0.228 e. The fourth-order valence-electron chi connectivity index (χ4n) is 6.10. The molecule has 1 amide bonds. The Morgan fingerprint density at radius 1 is 1.18 bits per heavy atom. The van der Waals surface area contributed by atoms with Crippen LogP contribution in [0.3, 0.4) is 0 Å². The quantitative estimate of drug-likeness (QED) is 0.429. The first kappa shape index (κ1) is 27.3. The zero-order valence-electron chi connectivity index (χ0n) is 22.5. The normalized spacial score (nSPS) is 24.7. The minimum atomic E-state index is -0.164. The van der Waals surface area contributed by atoms with Crippen LogP contribution in [0.4, 0.5) is 5.82 Å².